The molecule has 0 unspecified atom stereocenters. The van der Waals surface area contributed by atoms with E-state index in [1.807, 2.05) is 29.0 Å². The number of aryl methyl sites for hydroxylation is 1. The van der Waals surface area contributed by atoms with Gasteiger partial charge in [0.25, 0.3) is 0 Å². The van der Waals surface area contributed by atoms with Crippen molar-refractivity contribution in [2.45, 2.75) is 36.5 Å². The molecule has 1 amide bonds. The van der Waals surface area contributed by atoms with E-state index in [2.05, 4.69) is 4.98 Å². The fraction of sp³-hybridized carbons (Fsp3) is 0.733. The molecule has 0 bridgehead atoms. The van der Waals surface area contributed by atoms with Crippen molar-refractivity contribution < 1.29 is 9.90 Å². The van der Waals surface area contributed by atoms with Crippen LogP contribution in [0.4, 0.5) is 0 Å². The number of hydrogen-bond acceptors (Lipinski definition) is 4. The Morgan fingerprint density at radius 2 is 2.33 bits per heavy atom. The van der Waals surface area contributed by atoms with E-state index in [0.29, 0.717) is 12.4 Å². The predicted octanol–water partition coefficient (Wildman–Crippen LogP) is 1.59. The minimum Gasteiger partial charge on any atom is -0.385 e. The first-order valence-corrected chi connectivity index (χ1v) is 8.80. The molecular formula is C15H23N3O2S. The lowest BCUT2D eigenvalue weighted by Gasteiger charge is -2.36. The molecule has 1 aromatic rings. The molecule has 2 heterocycles. The van der Waals surface area contributed by atoms with Crippen molar-refractivity contribution in [1.29, 1.82) is 0 Å². The number of carbonyl (C=O) groups excluding carboxylic acids is 1. The van der Waals surface area contributed by atoms with E-state index in [4.69, 9.17) is 0 Å². The standard InChI is InChI=1S/C15H23N3O2S/c1-17-9-7-16-13(17)12(19)11-4-3-8-18(10-11)14(20)15(21-2)5-6-15/h7,9,11-12,19H,3-6,8,10H2,1-2H3/t11-,12-/m0/s1. The van der Waals surface area contributed by atoms with Crippen molar-refractivity contribution >= 4 is 17.7 Å². The van der Waals surface area contributed by atoms with Gasteiger partial charge in [-0.25, -0.2) is 4.98 Å². The van der Waals surface area contributed by atoms with Gasteiger partial charge in [-0.3, -0.25) is 4.79 Å². The molecule has 2 atom stereocenters. The highest BCUT2D eigenvalue weighted by Crippen LogP contribution is 2.49. The third-order valence-electron chi connectivity index (χ3n) is 4.80. The van der Waals surface area contributed by atoms with Crippen molar-refractivity contribution in [3.05, 3.63) is 18.2 Å². The number of rotatable bonds is 4. The summed E-state index contributed by atoms with van der Waals surface area (Å²) in [6, 6.07) is 0. The van der Waals surface area contributed by atoms with Crippen LogP contribution in [-0.4, -0.2) is 49.6 Å². The SMILES string of the molecule is CSC1(C(=O)N2CCC[C@H]([C@H](O)c3nccn3C)C2)CC1. The number of piperidine rings is 1. The molecule has 2 aliphatic rings. The second-order valence-corrected chi connectivity index (χ2v) is 7.38. The normalized spacial score (nSPS) is 25.7. The first kappa shape index (κ1) is 14.9. The molecule has 1 saturated carbocycles. The summed E-state index contributed by atoms with van der Waals surface area (Å²) in [5.41, 5.74) is 0. The molecule has 1 saturated heterocycles. The molecule has 6 heteroatoms. The summed E-state index contributed by atoms with van der Waals surface area (Å²) in [4.78, 5) is 18.8. The summed E-state index contributed by atoms with van der Waals surface area (Å²) in [6.45, 7) is 1.47. The number of likely N-dealkylation sites (tertiary alicyclic amines) is 1. The Labute approximate surface area is 129 Å². The lowest BCUT2D eigenvalue weighted by molar-refractivity contribution is -0.134. The number of aliphatic hydroxyl groups excluding tert-OH is 1. The maximum absolute atomic E-state index is 12.6. The van der Waals surface area contributed by atoms with Gasteiger partial charge in [0.2, 0.25) is 5.91 Å². The number of thioether (sulfide) groups is 1. The second kappa shape index (κ2) is 5.65. The molecule has 1 N–H and O–H groups in total. The van der Waals surface area contributed by atoms with E-state index in [1.165, 1.54) is 0 Å². The Kier molecular flexibility index (Phi) is 4.01. The summed E-state index contributed by atoms with van der Waals surface area (Å²) in [7, 11) is 1.89. The molecule has 0 aromatic carbocycles. The molecule has 0 radical (unpaired) electrons. The minimum absolute atomic E-state index is 0.0847. The van der Waals surface area contributed by atoms with Crippen LogP contribution < -0.4 is 0 Å². The van der Waals surface area contributed by atoms with Crippen molar-refractivity contribution in [3.8, 4) is 0 Å². The van der Waals surface area contributed by atoms with Crippen LogP contribution in [0.5, 0.6) is 0 Å². The number of aromatic nitrogens is 2. The quantitative estimate of drug-likeness (QED) is 0.917. The molecule has 3 rings (SSSR count). The van der Waals surface area contributed by atoms with Gasteiger partial charge in [-0.2, -0.15) is 0 Å². The molecule has 1 aliphatic carbocycles. The minimum atomic E-state index is -0.593. The Bertz CT molecular complexity index is 527. The Hall–Kier alpha value is -1.01. The fourth-order valence-corrected chi connectivity index (χ4v) is 4.05. The van der Waals surface area contributed by atoms with E-state index in [-0.39, 0.29) is 16.6 Å². The van der Waals surface area contributed by atoms with Crippen LogP contribution in [-0.2, 0) is 11.8 Å². The smallest absolute Gasteiger partial charge is 0.238 e. The number of carbonyl (C=O) groups is 1. The van der Waals surface area contributed by atoms with Crippen LogP contribution in [0.25, 0.3) is 0 Å². The molecule has 0 spiro atoms. The van der Waals surface area contributed by atoms with Gasteiger partial charge >= 0.3 is 0 Å². The highest BCUT2D eigenvalue weighted by atomic mass is 32.2. The lowest BCUT2D eigenvalue weighted by atomic mass is 9.91. The van der Waals surface area contributed by atoms with E-state index < -0.39 is 6.10 Å². The van der Waals surface area contributed by atoms with Crippen molar-refractivity contribution in [1.82, 2.24) is 14.5 Å². The van der Waals surface area contributed by atoms with Crippen LogP contribution >= 0.6 is 11.8 Å². The van der Waals surface area contributed by atoms with Gasteiger partial charge in [0.05, 0.1) is 4.75 Å². The largest absolute Gasteiger partial charge is 0.385 e. The van der Waals surface area contributed by atoms with Crippen LogP contribution in [0.15, 0.2) is 12.4 Å². The highest BCUT2D eigenvalue weighted by Gasteiger charge is 2.51. The maximum atomic E-state index is 12.6. The van der Waals surface area contributed by atoms with Gasteiger partial charge in [0, 0.05) is 38.4 Å². The summed E-state index contributed by atoms with van der Waals surface area (Å²) in [5.74, 6) is 1.05. The van der Waals surface area contributed by atoms with Gasteiger partial charge in [-0.1, -0.05) is 0 Å². The number of nitrogens with zero attached hydrogens (tertiary/aromatic N) is 3. The third kappa shape index (κ3) is 2.71. The monoisotopic (exact) mass is 309 g/mol. The predicted molar refractivity (Wildman–Crippen MR) is 83.0 cm³/mol. The lowest BCUT2D eigenvalue weighted by Crippen LogP contribution is -2.46. The molecule has 1 aromatic heterocycles. The van der Waals surface area contributed by atoms with E-state index in [9.17, 15) is 9.90 Å². The van der Waals surface area contributed by atoms with Crippen molar-refractivity contribution in [2.24, 2.45) is 13.0 Å². The van der Waals surface area contributed by atoms with Gasteiger partial charge < -0.3 is 14.6 Å². The fourth-order valence-electron chi connectivity index (χ4n) is 3.23. The first-order chi connectivity index (χ1) is 10.1. The summed E-state index contributed by atoms with van der Waals surface area (Å²) in [6.07, 6.45) is 8.88. The van der Waals surface area contributed by atoms with Crippen molar-refractivity contribution in [2.75, 3.05) is 19.3 Å². The van der Waals surface area contributed by atoms with E-state index >= 15 is 0 Å². The Balaban J connectivity index is 1.69. The molecular weight excluding hydrogens is 286 g/mol. The summed E-state index contributed by atoms with van der Waals surface area (Å²) in [5, 5.41) is 10.6. The van der Waals surface area contributed by atoms with Crippen molar-refractivity contribution in [3.63, 3.8) is 0 Å². The van der Waals surface area contributed by atoms with Gasteiger partial charge in [-0.15, -0.1) is 11.8 Å². The van der Waals surface area contributed by atoms with Crippen LogP contribution in [0.3, 0.4) is 0 Å². The third-order valence-corrected chi connectivity index (χ3v) is 6.16. The first-order valence-electron chi connectivity index (χ1n) is 7.57. The molecule has 1 aliphatic heterocycles. The van der Waals surface area contributed by atoms with Gasteiger partial charge in [0.15, 0.2) is 0 Å². The zero-order valence-electron chi connectivity index (χ0n) is 12.7. The number of amides is 1. The molecule has 116 valence electrons. The molecule has 21 heavy (non-hydrogen) atoms. The molecule has 2 fully saturated rings. The Morgan fingerprint density at radius 3 is 2.90 bits per heavy atom. The maximum Gasteiger partial charge on any atom is 0.238 e. The summed E-state index contributed by atoms with van der Waals surface area (Å²) >= 11 is 1.68. The average Bonchev–Trinajstić information content (AvgIpc) is 3.21. The number of imidazole rings is 1. The second-order valence-electron chi connectivity index (χ2n) is 6.19. The van der Waals surface area contributed by atoms with E-state index in [0.717, 1.165) is 32.2 Å². The number of hydrogen-bond donors (Lipinski definition) is 1. The number of aliphatic hydroxyl groups is 1. The topological polar surface area (TPSA) is 58.4 Å². The Morgan fingerprint density at radius 1 is 1.57 bits per heavy atom. The van der Waals surface area contributed by atoms with Crippen LogP contribution in [0, 0.1) is 5.92 Å². The van der Waals surface area contributed by atoms with E-state index in [1.54, 1.807) is 18.0 Å². The van der Waals surface area contributed by atoms with Gasteiger partial charge in [-0.05, 0) is 31.9 Å². The summed E-state index contributed by atoms with van der Waals surface area (Å²) < 4.78 is 1.70. The van der Waals surface area contributed by atoms with Gasteiger partial charge in [0.1, 0.15) is 11.9 Å². The zero-order chi connectivity index (χ0) is 15.0. The van der Waals surface area contributed by atoms with Crippen LogP contribution in [0.1, 0.15) is 37.6 Å². The average molecular weight is 309 g/mol. The highest BCUT2D eigenvalue weighted by molar-refractivity contribution is 8.01. The van der Waals surface area contributed by atoms with Crippen LogP contribution in [0.2, 0.25) is 0 Å². The molecule has 5 nitrogen and oxygen atoms in total. The zero-order valence-corrected chi connectivity index (χ0v) is 13.5.